The lowest BCUT2D eigenvalue weighted by Gasteiger charge is -2.26. The fraction of sp³-hybridized carbons (Fsp3) is 0.462. The molecule has 0 bridgehead atoms. The van der Waals surface area contributed by atoms with Crippen LogP contribution in [0.3, 0.4) is 0 Å². The van der Waals surface area contributed by atoms with E-state index in [1.807, 2.05) is 18.2 Å². The first-order valence-corrected chi connectivity index (χ1v) is 5.85. The molecule has 5 heteroatoms. The summed E-state index contributed by atoms with van der Waals surface area (Å²) in [7, 11) is 3.01. The van der Waals surface area contributed by atoms with E-state index in [0.717, 1.165) is 23.5 Å². The summed E-state index contributed by atoms with van der Waals surface area (Å²) in [4.78, 5) is 11.1. The number of carbonyl (C=O) groups excluding carboxylic acids is 1. The standard InChI is InChI=1S/C13H17NO4/c1-16-9-3-4-12-10(7-9)11(5-6-18-12)14-8-13(15)17-2/h3-4,7,11,14H,5-6,8H2,1-2H3. The Morgan fingerprint density at radius 1 is 1.50 bits per heavy atom. The van der Waals surface area contributed by atoms with Gasteiger partial charge in [-0.3, -0.25) is 10.1 Å². The van der Waals surface area contributed by atoms with Gasteiger partial charge in [-0.1, -0.05) is 0 Å². The van der Waals surface area contributed by atoms with E-state index >= 15 is 0 Å². The summed E-state index contributed by atoms with van der Waals surface area (Å²) in [5, 5.41) is 3.17. The Bertz CT molecular complexity index is 433. The molecule has 1 N–H and O–H groups in total. The maximum Gasteiger partial charge on any atom is 0.319 e. The van der Waals surface area contributed by atoms with E-state index in [2.05, 4.69) is 10.1 Å². The van der Waals surface area contributed by atoms with Crippen molar-refractivity contribution in [3.63, 3.8) is 0 Å². The van der Waals surface area contributed by atoms with Crippen LogP contribution >= 0.6 is 0 Å². The average Bonchev–Trinajstić information content (AvgIpc) is 2.43. The van der Waals surface area contributed by atoms with Crippen molar-refractivity contribution in [2.45, 2.75) is 12.5 Å². The summed E-state index contributed by atoms with van der Waals surface area (Å²) in [5.41, 5.74) is 1.02. The monoisotopic (exact) mass is 251 g/mol. The predicted octanol–water partition coefficient (Wildman–Crippen LogP) is 1.28. The van der Waals surface area contributed by atoms with Gasteiger partial charge in [0.1, 0.15) is 11.5 Å². The van der Waals surface area contributed by atoms with Crippen molar-refractivity contribution in [2.75, 3.05) is 27.4 Å². The quantitative estimate of drug-likeness (QED) is 0.817. The van der Waals surface area contributed by atoms with Crippen molar-refractivity contribution in [1.29, 1.82) is 0 Å². The largest absolute Gasteiger partial charge is 0.497 e. The molecule has 0 aromatic heterocycles. The smallest absolute Gasteiger partial charge is 0.319 e. The van der Waals surface area contributed by atoms with Crippen LogP contribution in [-0.2, 0) is 9.53 Å². The first kappa shape index (κ1) is 12.7. The summed E-state index contributed by atoms with van der Waals surface area (Å²) in [5.74, 6) is 1.35. The molecule has 1 unspecified atom stereocenters. The second kappa shape index (κ2) is 5.73. The predicted molar refractivity (Wildman–Crippen MR) is 65.9 cm³/mol. The fourth-order valence-corrected chi connectivity index (χ4v) is 1.99. The second-order valence-corrected chi connectivity index (χ2v) is 4.05. The van der Waals surface area contributed by atoms with E-state index in [1.165, 1.54) is 7.11 Å². The number of fused-ring (bicyclic) bond motifs is 1. The highest BCUT2D eigenvalue weighted by molar-refractivity contribution is 5.71. The van der Waals surface area contributed by atoms with Crippen LogP contribution in [0.25, 0.3) is 0 Å². The highest BCUT2D eigenvalue weighted by atomic mass is 16.5. The molecule has 18 heavy (non-hydrogen) atoms. The molecule has 1 aromatic rings. The fourth-order valence-electron chi connectivity index (χ4n) is 1.99. The molecule has 1 heterocycles. The maximum absolute atomic E-state index is 11.1. The molecular weight excluding hydrogens is 234 g/mol. The van der Waals surface area contributed by atoms with Gasteiger partial charge in [-0.25, -0.2) is 0 Å². The molecule has 0 saturated heterocycles. The van der Waals surface area contributed by atoms with Crippen LogP contribution in [0.15, 0.2) is 18.2 Å². The number of hydrogen-bond acceptors (Lipinski definition) is 5. The Labute approximate surface area is 106 Å². The molecule has 1 atom stereocenters. The molecule has 0 spiro atoms. The molecule has 0 saturated carbocycles. The summed E-state index contributed by atoms with van der Waals surface area (Å²) < 4.78 is 15.4. The van der Waals surface area contributed by atoms with Gasteiger partial charge in [0.05, 0.1) is 27.4 Å². The third-order valence-electron chi connectivity index (χ3n) is 2.98. The number of benzene rings is 1. The summed E-state index contributed by atoms with van der Waals surface area (Å²) >= 11 is 0. The number of hydrogen-bond donors (Lipinski definition) is 1. The van der Waals surface area contributed by atoms with E-state index < -0.39 is 0 Å². The molecule has 98 valence electrons. The first-order chi connectivity index (χ1) is 8.74. The zero-order chi connectivity index (χ0) is 13.0. The van der Waals surface area contributed by atoms with Crippen LogP contribution in [-0.4, -0.2) is 33.3 Å². The van der Waals surface area contributed by atoms with Gasteiger partial charge in [-0.15, -0.1) is 0 Å². The Morgan fingerprint density at radius 2 is 2.33 bits per heavy atom. The van der Waals surface area contributed by atoms with Crippen LogP contribution < -0.4 is 14.8 Å². The number of carbonyl (C=O) groups is 1. The van der Waals surface area contributed by atoms with E-state index in [-0.39, 0.29) is 18.6 Å². The van der Waals surface area contributed by atoms with Crippen molar-refractivity contribution in [3.8, 4) is 11.5 Å². The van der Waals surface area contributed by atoms with Crippen molar-refractivity contribution >= 4 is 5.97 Å². The minimum absolute atomic E-state index is 0.0861. The number of methoxy groups -OCH3 is 2. The molecule has 1 aliphatic heterocycles. The number of esters is 1. The maximum atomic E-state index is 11.1. The third kappa shape index (κ3) is 2.73. The molecule has 0 fully saturated rings. The average molecular weight is 251 g/mol. The Balaban J connectivity index is 2.13. The molecule has 2 rings (SSSR count). The zero-order valence-electron chi connectivity index (χ0n) is 10.6. The van der Waals surface area contributed by atoms with Crippen LogP contribution in [0, 0.1) is 0 Å². The van der Waals surface area contributed by atoms with Crippen molar-refractivity contribution in [1.82, 2.24) is 5.32 Å². The van der Waals surface area contributed by atoms with E-state index in [1.54, 1.807) is 7.11 Å². The van der Waals surface area contributed by atoms with Crippen LogP contribution in [0.1, 0.15) is 18.0 Å². The van der Waals surface area contributed by atoms with Gasteiger partial charge in [0.15, 0.2) is 0 Å². The molecule has 0 amide bonds. The van der Waals surface area contributed by atoms with Crippen molar-refractivity contribution in [2.24, 2.45) is 0 Å². The Hall–Kier alpha value is -1.75. The molecule has 0 radical (unpaired) electrons. The molecule has 0 aliphatic carbocycles. The molecule has 5 nitrogen and oxygen atoms in total. The zero-order valence-corrected chi connectivity index (χ0v) is 10.6. The molecular formula is C13H17NO4. The Kier molecular flexibility index (Phi) is 4.04. The first-order valence-electron chi connectivity index (χ1n) is 5.85. The third-order valence-corrected chi connectivity index (χ3v) is 2.98. The topological polar surface area (TPSA) is 56.8 Å². The normalized spacial score (nSPS) is 17.6. The van der Waals surface area contributed by atoms with E-state index in [0.29, 0.717) is 6.61 Å². The lowest BCUT2D eigenvalue weighted by molar-refractivity contribution is -0.139. The van der Waals surface area contributed by atoms with Gasteiger partial charge in [-0.2, -0.15) is 0 Å². The summed E-state index contributed by atoms with van der Waals surface area (Å²) in [6.45, 7) is 0.829. The summed E-state index contributed by atoms with van der Waals surface area (Å²) in [6, 6.07) is 5.77. The summed E-state index contributed by atoms with van der Waals surface area (Å²) in [6.07, 6.45) is 0.817. The second-order valence-electron chi connectivity index (χ2n) is 4.05. The van der Waals surface area contributed by atoms with Crippen LogP contribution in [0.2, 0.25) is 0 Å². The van der Waals surface area contributed by atoms with Gasteiger partial charge in [0, 0.05) is 18.0 Å². The minimum Gasteiger partial charge on any atom is -0.497 e. The highest BCUT2D eigenvalue weighted by Crippen LogP contribution is 2.34. The van der Waals surface area contributed by atoms with Crippen molar-refractivity contribution < 1.29 is 19.0 Å². The van der Waals surface area contributed by atoms with Gasteiger partial charge in [0.2, 0.25) is 0 Å². The lowest BCUT2D eigenvalue weighted by atomic mass is 10.0. The van der Waals surface area contributed by atoms with Gasteiger partial charge >= 0.3 is 5.97 Å². The minimum atomic E-state index is -0.272. The molecule has 1 aromatic carbocycles. The number of ether oxygens (including phenoxy) is 3. The highest BCUT2D eigenvalue weighted by Gasteiger charge is 2.22. The Morgan fingerprint density at radius 3 is 3.06 bits per heavy atom. The van der Waals surface area contributed by atoms with Gasteiger partial charge < -0.3 is 14.2 Å². The van der Waals surface area contributed by atoms with Crippen molar-refractivity contribution in [3.05, 3.63) is 23.8 Å². The van der Waals surface area contributed by atoms with Crippen LogP contribution in [0.5, 0.6) is 11.5 Å². The van der Waals surface area contributed by atoms with E-state index in [4.69, 9.17) is 9.47 Å². The number of nitrogens with one attached hydrogen (secondary N) is 1. The molecule has 1 aliphatic rings. The van der Waals surface area contributed by atoms with Gasteiger partial charge in [-0.05, 0) is 18.2 Å². The number of rotatable bonds is 4. The SMILES string of the molecule is COC(=O)CNC1CCOc2ccc(OC)cc21. The van der Waals surface area contributed by atoms with Gasteiger partial charge in [0.25, 0.3) is 0 Å². The van der Waals surface area contributed by atoms with E-state index in [9.17, 15) is 4.79 Å². The van der Waals surface area contributed by atoms with Crippen LogP contribution in [0.4, 0.5) is 0 Å². The lowest BCUT2D eigenvalue weighted by Crippen LogP contribution is -2.31.